The molecule has 1 fully saturated rings. The van der Waals surface area contributed by atoms with Crippen LogP contribution in [0.25, 0.3) is 0 Å². The summed E-state index contributed by atoms with van der Waals surface area (Å²) in [6, 6.07) is 0. The van der Waals surface area contributed by atoms with Gasteiger partial charge in [0.15, 0.2) is 0 Å². The van der Waals surface area contributed by atoms with Crippen molar-refractivity contribution >= 4 is 52.8 Å². The van der Waals surface area contributed by atoms with Crippen LogP contribution in [0.1, 0.15) is 19.3 Å². The first-order valence-corrected chi connectivity index (χ1v) is 6.93. The van der Waals surface area contributed by atoms with Crippen molar-refractivity contribution in [1.82, 2.24) is 0 Å². The summed E-state index contributed by atoms with van der Waals surface area (Å²) in [7, 11) is 0. The molecule has 0 aromatic heterocycles. The number of rotatable bonds is 1. The Labute approximate surface area is 85.3 Å². The first-order valence-electron chi connectivity index (χ1n) is 3.39. The van der Waals surface area contributed by atoms with E-state index in [-0.39, 0.29) is 3.41 Å². The average molecular weight is 259 g/mol. The number of hydrogen-bond donors (Lipinski definition) is 3. The molecule has 0 radical (unpaired) electrons. The molecule has 0 N–H and O–H groups in total. The zero-order valence-electron chi connectivity index (χ0n) is 5.66. The third-order valence-electron chi connectivity index (χ3n) is 1.61. The van der Waals surface area contributed by atoms with Crippen molar-refractivity contribution in [1.29, 1.82) is 0 Å². The van der Waals surface area contributed by atoms with Gasteiger partial charge >= 0.3 is 85.7 Å². The van der Waals surface area contributed by atoms with Gasteiger partial charge in [-0.25, -0.2) is 0 Å². The van der Waals surface area contributed by atoms with Crippen LogP contribution in [0.2, 0.25) is 10.1 Å². The Morgan fingerprint density at radius 2 is 1.90 bits per heavy atom. The second-order valence-electron chi connectivity index (χ2n) is 2.54. The summed E-state index contributed by atoms with van der Waals surface area (Å²) in [5.74, 6) is 0. The fourth-order valence-electron chi connectivity index (χ4n) is 1.05. The van der Waals surface area contributed by atoms with Gasteiger partial charge in [-0.1, -0.05) is 0 Å². The molecule has 1 unspecified atom stereocenters. The molecule has 0 amide bonds. The molecule has 1 atom stereocenters. The van der Waals surface area contributed by atoms with E-state index in [9.17, 15) is 0 Å². The van der Waals surface area contributed by atoms with Gasteiger partial charge in [-0.15, -0.1) is 0 Å². The molecule has 1 aliphatic heterocycles. The summed E-state index contributed by atoms with van der Waals surface area (Å²) in [5, 5.41) is 1.39. The van der Waals surface area contributed by atoms with Crippen LogP contribution in [0.4, 0.5) is 0 Å². The minimum atomic E-state index is -0.319. The molecule has 0 spiro atoms. The number of hydrogen-bond acceptors (Lipinski definition) is 3. The minimum absolute atomic E-state index is 0.319. The summed E-state index contributed by atoms with van der Waals surface area (Å²) in [6.07, 6.45) is 4.02. The molecular weight excluding hydrogens is 247 g/mol. The maximum atomic E-state index is 4.34. The van der Waals surface area contributed by atoms with Crippen LogP contribution >= 0.6 is 37.9 Å². The van der Waals surface area contributed by atoms with E-state index in [1.165, 1.54) is 24.6 Å². The monoisotopic (exact) mass is 260 g/mol. The fourth-order valence-corrected chi connectivity index (χ4v) is 5.14. The van der Waals surface area contributed by atoms with Gasteiger partial charge in [-0.2, -0.15) is 0 Å². The summed E-state index contributed by atoms with van der Waals surface area (Å²) < 4.78 is -0.319. The Morgan fingerprint density at radius 3 is 2.20 bits per heavy atom. The second kappa shape index (κ2) is 3.99. The molecule has 10 heavy (non-hydrogen) atoms. The summed E-state index contributed by atoms with van der Waals surface area (Å²) in [5.41, 5.74) is 0. The van der Waals surface area contributed by atoms with Crippen LogP contribution in [0, 0.1) is 0 Å². The van der Waals surface area contributed by atoms with Crippen molar-refractivity contribution in [2.24, 2.45) is 0 Å². The predicted molar refractivity (Wildman–Crippen MR) is 57.9 cm³/mol. The van der Waals surface area contributed by atoms with Crippen molar-refractivity contribution in [3.8, 4) is 0 Å². The normalized spacial score (nSPS) is 28.5. The molecule has 1 saturated heterocycles. The van der Waals surface area contributed by atoms with Gasteiger partial charge in [0.1, 0.15) is 0 Å². The van der Waals surface area contributed by atoms with E-state index in [0.717, 1.165) is 15.0 Å². The number of thiol groups is 3. The van der Waals surface area contributed by atoms with Gasteiger partial charge in [-0.3, -0.25) is 0 Å². The molecule has 0 aromatic rings. The quantitative estimate of drug-likeness (QED) is 0.360. The topological polar surface area (TPSA) is 0 Å². The molecule has 4 heteroatoms. The molecule has 0 nitrogen and oxygen atoms in total. The van der Waals surface area contributed by atoms with E-state index >= 15 is 0 Å². The first-order chi connectivity index (χ1) is 4.61. The molecule has 1 rings (SSSR count). The van der Waals surface area contributed by atoms with E-state index < -0.39 is 0 Å². The van der Waals surface area contributed by atoms with E-state index in [1.54, 1.807) is 0 Å². The Bertz CT molecular complexity index is 104. The first kappa shape index (κ1) is 9.66. The van der Waals surface area contributed by atoms with E-state index in [4.69, 9.17) is 0 Å². The predicted octanol–water partition coefficient (Wildman–Crippen LogP) is 2.52. The Balaban J connectivity index is 2.39. The van der Waals surface area contributed by atoms with Crippen LogP contribution in [0.5, 0.6) is 0 Å². The van der Waals surface area contributed by atoms with Gasteiger partial charge in [-0.05, 0) is 0 Å². The maximum absolute atomic E-state index is 4.34. The van der Waals surface area contributed by atoms with Gasteiger partial charge < -0.3 is 0 Å². The van der Waals surface area contributed by atoms with Crippen molar-refractivity contribution < 1.29 is 0 Å². The van der Waals surface area contributed by atoms with Gasteiger partial charge in [0.2, 0.25) is 0 Å². The van der Waals surface area contributed by atoms with Crippen molar-refractivity contribution in [2.75, 3.05) is 0 Å². The standard InChI is InChI=1S/C6H12S3Se/c7-6(8,9)5-3-1-2-4-10-5/h5,7-9H,1-4H2. The molecule has 1 heterocycles. The van der Waals surface area contributed by atoms with E-state index in [0.29, 0.717) is 4.82 Å². The molecule has 0 aliphatic carbocycles. The van der Waals surface area contributed by atoms with Gasteiger partial charge in [0.05, 0.1) is 0 Å². The SMILES string of the molecule is SC(S)(S)C1CCCC[Se]1. The fraction of sp³-hybridized carbons (Fsp3) is 1.00. The Kier molecular flexibility index (Phi) is 3.86. The van der Waals surface area contributed by atoms with Crippen LogP contribution in [-0.4, -0.2) is 18.4 Å². The molecule has 0 saturated carbocycles. The summed E-state index contributed by atoms with van der Waals surface area (Å²) in [4.78, 5) is 0.656. The molecule has 0 aromatic carbocycles. The van der Waals surface area contributed by atoms with Crippen LogP contribution in [0.15, 0.2) is 0 Å². The van der Waals surface area contributed by atoms with Crippen LogP contribution < -0.4 is 0 Å². The average Bonchev–Trinajstić information content (AvgIpc) is 1.88. The van der Waals surface area contributed by atoms with Crippen molar-refractivity contribution in [3.63, 3.8) is 0 Å². The zero-order chi connectivity index (χ0) is 7.61. The van der Waals surface area contributed by atoms with Gasteiger partial charge in [0.25, 0.3) is 0 Å². The van der Waals surface area contributed by atoms with E-state index in [2.05, 4.69) is 37.9 Å². The van der Waals surface area contributed by atoms with E-state index in [1.807, 2.05) is 0 Å². The van der Waals surface area contributed by atoms with Crippen LogP contribution in [-0.2, 0) is 0 Å². The Morgan fingerprint density at radius 1 is 1.20 bits per heavy atom. The Hall–Kier alpha value is 1.57. The molecular formula is C6H12S3Se. The third-order valence-corrected chi connectivity index (χ3v) is 6.90. The molecule has 60 valence electrons. The zero-order valence-corrected chi connectivity index (χ0v) is 10.1. The van der Waals surface area contributed by atoms with Crippen molar-refractivity contribution in [2.45, 2.75) is 32.8 Å². The third kappa shape index (κ3) is 2.90. The van der Waals surface area contributed by atoms with Gasteiger partial charge in [0, 0.05) is 0 Å². The second-order valence-corrected chi connectivity index (χ2v) is 8.47. The van der Waals surface area contributed by atoms with Crippen LogP contribution in [0.3, 0.4) is 0 Å². The van der Waals surface area contributed by atoms with Crippen molar-refractivity contribution in [3.05, 3.63) is 0 Å². The summed E-state index contributed by atoms with van der Waals surface area (Å²) >= 11 is 13.8. The summed E-state index contributed by atoms with van der Waals surface area (Å²) in [6.45, 7) is 0. The molecule has 0 bridgehead atoms. The molecule has 1 aliphatic rings.